The molecule has 0 aromatic heterocycles. The molecule has 0 heterocycles. The molecular weight excluding hydrogens is 206 g/mol. The molecule has 1 aromatic rings. The fourth-order valence-corrected chi connectivity index (χ4v) is 1.17. The number of hydrogen-bond acceptors (Lipinski definition) is 3. The van der Waals surface area contributed by atoms with E-state index in [-0.39, 0.29) is 23.0 Å². The molecule has 84 valence electrons. The first-order valence-corrected chi connectivity index (χ1v) is 4.85. The summed E-state index contributed by atoms with van der Waals surface area (Å²) in [5.74, 6) is 4.83. The summed E-state index contributed by atoms with van der Waals surface area (Å²) in [6.45, 7) is 2.16. The third kappa shape index (κ3) is 3.21. The molecule has 4 nitrogen and oxygen atoms in total. The van der Waals surface area contributed by atoms with Gasteiger partial charge in [-0.25, -0.2) is 0 Å². The molecule has 16 heavy (non-hydrogen) atoms. The smallest absolute Gasteiger partial charge is 0.255 e. The van der Waals surface area contributed by atoms with Crippen LogP contribution in [0.1, 0.15) is 23.7 Å². The Bertz CT molecular complexity index is 443. The van der Waals surface area contributed by atoms with Crippen molar-refractivity contribution in [3.8, 4) is 23.3 Å². The number of benzene rings is 1. The molecule has 0 bridgehead atoms. The van der Waals surface area contributed by atoms with Gasteiger partial charge >= 0.3 is 0 Å². The van der Waals surface area contributed by atoms with Gasteiger partial charge in [0.05, 0.1) is 5.56 Å². The second-order valence-corrected chi connectivity index (χ2v) is 3.13. The Kier molecular flexibility index (Phi) is 4.22. The van der Waals surface area contributed by atoms with Crippen LogP contribution >= 0.6 is 0 Å². The van der Waals surface area contributed by atoms with E-state index in [0.717, 1.165) is 6.07 Å². The van der Waals surface area contributed by atoms with Gasteiger partial charge in [-0.3, -0.25) is 4.79 Å². The Morgan fingerprint density at radius 1 is 1.44 bits per heavy atom. The number of nitrogens with one attached hydrogen (secondary N) is 1. The Morgan fingerprint density at radius 2 is 2.19 bits per heavy atom. The molecule has 3 N–H and O–H groups in total. The third-order valence-corrected chi connectivity index (χ3v) is 1.94. The molecule has 1 amide bonds. The van der Waals surface area contributed by atoms with Gasteiger partial charge in [-0.15, -0.1) is 11.8 Å². The zero-order chi connectivity index (χ0) is 12.0. The lowest BCUT2D eigenvalue weighted by molar-refractivity contribution is 0.0952. The summed E-state index contributed by atoms with van der Waals surface area (Å²) < 4.78 is 0. The summed E-state index contributed by atoms with van der Waals surface area (Å²) in [5.41, 5.74) is 0.141. The largest absolute Gasteiger partial charge is 0.508 e. The van der Waals surface area contributed by atoms with E-state index in [4.69, 9.17) is 5.11 Å². The number of phenols is 2. The lowest BCUT2D eigenvalue weighted by Gasteiger charge is -2.05. The van der Waals surface area contributed by atoms with E-state index in [2.05, 4.69) is 17.2 Å². The molecule has 0 unspecified atom stereocenters. The molecule has 0 atom stereocenters. The average Bonchev–Trinajstić information content (AvgIpc) is 2.24. The van der Waals surface area contributed by atoms with Gasteiger partial charge in [0, 0.05) is 19.0 Å². The first-order chi connectivity index (χ1) is 7.65. The van der Waals surface area contributed by atoms with Crippen LogP contribution in [0.2, 0.25) is 0 Å². The number of carbonyl (C=O) groups excluding carboxylic acids is 1. The first-order valence-electron chi connectivity index (χ1n) is 4.85. The van der Waals surface area contributed by atoms with Crippen LogP contribution in [0.4, 0.5) is 0 Å². The van der Waals surface area contributed by atoms with Crippen molar-refractivity contribution in [2.24, 2.45) is 0 Å². The first kappa shape index (κ1) is 11.9. The predicted octanol–water partition coefficient (Wildman–Crippen LogP) is 1.24. The van der Waals surface area contributed by atoms with Crippen LogP contribution in [0.3, 0.4) is 0 Å². The summed E-state index contributed by atoms with van der Waals surface area (Å²) in [7, 11) is 0. The average molecular weight is 219 g/mol. The van der Waals surface area contributed by atoms with Crippen LogP contribution in [0.15, 0.2) is 18.2 Å². The molecule has 0 aliphatic rings. The summed E-state index contributed by atoms with van der Waals surface area (Å²) in [6.07, 6.45) is 0.571. The molecule has 0 saturated heterocycles. The number of rotatable bonds is 3. The zero-order valence-electron chi connectivity index (χ0n) is 8.95. The minimum atomic E-state index is -0.379. The van der Waals surface area contributed by atoms with Crippen molar-refractivity contribution in [3.05, 3.63) is 23.8 Å². The van der Waals surface area contributed by atoms with Crippen molar-refractivity contribution in [1.82, 2.24) is 5.32 Å². The Hall–Kier alpha value is -2.15. The highest BCUT2D eigenvalue weighted by Crippen LogP contribution is 2.22. The van der Waals surface area contributed by atoms with Crippen LogP contribution in [0.5, 0.6) is 11.5 Å². The molecule has 4 heteroatoms. The van der Waals surface area contributed by atoms with E-state index in [9.17, 15) is 9.90 Å². The van der Waals surface area contributed by atoms with E-state index in [1.807, 2.05) is 0 Å². The van der Waals surface area contributed by atoms with Crippen LogP contribution in [0.25, 0.3) is 0 Å². The fraction of sp³-hybridized carbons (Fsp3) is 0.250. The van der Waals surface area contributed by atoms with Crippen molar-refractivity contribution in [3.63, 3.8) is 0 Å². The van der Waals surface area contributed by atoms with Crippen LogP contribution in [-0.2, 0) is 0 Å². The van der Waals surface area contributed by atoms with Gasteiger partial charge < -0.3 is 15.5 Å². The van der Waals surface area contributed by atoms with Crippen LogP contribution < -0.4 is 5.32 Å². The van der Waals surface area contributed by atoms with Crippen molar-refractivity contribution < 1.29 is 15.0 Å². The van der Waals surface area contributed by atoms with Crippen molar-refractivity contribution in [2.75, 3.05) is 6.54 Å². The van der Waals surface area contributed by atoms with Gasteiger partial charge in [-0.05, 0) is 19.1 Å². The Morgan fingerprint density at radius 3 is 2.81 bits per heavy atom. The van der Waals surface area contributed by atoms with E-state index in [1.54, 1.807) is 6.92 Å². The molecule has 0 saturated carbocycles. The van der Waals surface area contributed by atoms with Crippen molar-refractivity contribution >= 4 is 5.91 Å². The molecule has 0 radical (unpaired) electrons. The molecule has 1 rings (SSSR count). The quantitative estimate of drug-likeness (QED) is 0.529. The maximum atomic E-state index is 11.5. The number of aromatic hydroxyl groups is 2. The van der Waals surface area contributed by atoms with Crippen molar-refractivity contribution in [2.45, 2.75) is 13.3 Å². The number of phenolic OH excluding ortho intramolecular Hbond substituents is 2. The number of amides is 1. The normalized spacial score (nSPS) is 9.06. The molecule has 0 aliphatic heterocycles. The Balaban J connectivity index is 2.61. The van der Waals surface area contributed by atoms with E-state index < -0.39 is 0 Å². The second kappa shape index (κ2) is 5.66. The lowest BCUT2D eigenvalue weighted by Crippen LogP contribution is -2.24. The molecular formula is C12H13NO3. The van der Waals surface area contributed by atoms with Gasteiger partial charge in [-0.2, -0.15) is 0 Å². The summed E-state index contributed by atoms with van der Waals surface area (Å²) in [4.78, 5) is 11.5. The van der Waals surface area contributed by atoms with E-state index in [0.29, 0.717) is 13.0 Å². The van der Waals surface area contributed by atoms with E-state index in [1.165, 1.54) is 12.1 Å². The monoisotopic (exact) mass is 219 g/mol. The van der Waals surface area contributed by atoms with E-state index >= 15 is 0 Å². The van der Waals surface area contributed by atoms with Gasteiger partial charge in [0.2, 0.25) is 0 Å². The molecule has 1 aromatic carbocycles. The summed E-state index contributed by atoms with van der Waals surface area (Å²) in [6, 6.07) is 3.84. The molecule has 0 aliphatic carbocycles. The van der Waals surface area contributed by atoms with Crippen LogP contribution in [0, 0.1) is 11.8 Å². The van der Waals surface area contributed by atoms with Gasteiger partial charge in [0.1, 0.15) is 11.5 Å². The number of carbonyl (C=O) groups is 1. The van der Waals surface area contributed by atoms with Gasteiger partial charge in [0.15, 0.2) is 0 Å². The standard InChI is InChI=1S/C12H13NO3/c1-2-3-4-7-13-12(16)10-6-5-9(14)8-11(10)15/h5-6,8,14-15H,4,7H2,1H3,(H,13,16). The number of hydrogen-bond donors (Lipinski definition) is 3. The third-order valence-electron chi connectivity index (χ3n) is 1.94. The van der Waals surface area contributed by atoms with Gasteiger partial charge in [-0.1, -0.05) is 0 Å². The minimum Gasteiger partial charge on any atom is -0.508 e. The summed E-state index contributed by atoms with van der Waals surface area (Å²) >= 11 is 0. The maximum Gasteiger partial charge on any atom is 0.255 e. The second-order valence-electron chi connectivity index (χ2n) is 3.13. The highest BCUT2D eigenvalue weighted by molar-refractivity contribution is 5.96. The predicted molar refractivity (Wildman–Crippen MR) is 60.2 cm³/mol. The van der Waals surface area contributed by atoms with Crippen molar-refractivity contribution in [1.29, 1.82) is 0 Å². The molecule has 0 spiro atoms. The van der Waals surface area contributed by atoms with Gasteiger partial charge in [0.25, 0.3) is 5.91 Å². The summed E-state index contributed by atoms with van der Waals surface area (Å²) in [5, 5.41) is 21.1. The topological polar surface area (TPSA) is 69.6 Å². The SMILES string of the molecule is CC#CCCNC(=O)c1ccc(O)cc1O. The fourth-order valence-electron chi connectivity index (χ4n) is 1.17. The minimum absolute atomic E-state index is 0.0779. The highest BCUT2D eigenvalue weighted by atomic mass is 16.3. The zero-order valence-corrected chi connectivity index (χ0v) is 8.95. The van der Waals surface area contributed by atoms with Crippen LogP contribution in [-0.4, -0.2) is 22.7 Å². The lowest BCUT2D eigenvalue weighted by atomic mass is 10.2. The molecule has 0 fully saturated rings. The Labute approximate surface area is 93.9 Å². The highest BCUT2D eigenvalue weighted by Gasteiger charge is 2.10. The maximum absolute atomic E-state index is 11.5.